The van der Waals surface area contributed by atoms with Gasteiger partial charge in [-0.2, -0.15) is 0 Å². The van der Waals surface area contributed by atoms with Crippen molar-refractivity contribution in [2.45, 2.75) is 37.1 Å². The van der Waals surface area contributed by atoms with Crippen molar-refractivity contribution in [3.63, 3.8) is 0 Å². The minimum Gasteiger partial charge on any atom is -0.362 e. The van der Waals surface area contributed by atoms with Crippen LogP contribution in [0.2, 0.25) is 0 Å². The number of rotatable bonds is 5. The van der Waals surface area contributed by atoms with E-state index in [1.807, 2.05) is 17.8 Å². The standard InChI is InChI=1S/C15H22N2S2/c1-12-7-8-13(11-12)17-15(18)16-9-10-19-14-5-3-2-4-6-14/h2-6,12-13H,7-11H2,1H3,(H2,16,17,18). The highest BCUT2D eigenvalue weighted by atomic mass is 32.2. The zero-order valence-electron chi connectivity index (χ0n) is 11.4. The molecule has 1 aromatic carbocycles. The van der Waals surface area contributed by atoms with E-state index in [0.29, 0.717) is 6.04 Å². The van der Waals surface area contributed by atoms with Gasteiger partial charge in [0.1, 0.15) is 0 Å². The van der Waals surface area contributed by atoms with Gasteiger partial charge in [-0.05, 0) is 49.5 Å². The molecule has 1 aliphatic rings. The third-order valence-corrected chi connectivity index (χ3v) is 4.71. The lowest BCUT2D eigenvalue weighted by Gasteiger charge is -2.16. The topological polar surface area (TPSA) is 24.1 Å². The fourth-order valence-electron chi connectivity index (χ4n) is 2.42. The zero-order valence-corrected chi connectivity index (χ0v) is 13.0. The van der Waals surface area contributed by atoms with Crippen LogP contribution in [0.5, 0.6) is 0 Å². The quantitative estimate of drug-likeness (QED) is 0.493. The first kappa shape index (κ1) is 14.7. The lowest BCUT2D eigenvalue weighted by atomic mass is 10.1. The molecule has 1 saturated carbocycles. The first-order valence-electron chi connectivity index (χ1n) is 6.96. The smallest absolute Gasteiger partial charge is 0.166 e. The second-order valence-corrected chi connectivity index (χ2v) is 6.75. The van der Waals surface area contributed by atoms with Gasteiger partial charge in [-0.1, -0.05) is 25.1 Å². The SMILES string of the molecule is CC1CCC(NC(=S)NCCSc2ccccc2)C1. The third-order valence-electron chi connectivity index (χ3n) is 3.43. The summed E-state index contributed by atoms with van der Waals surface area (Å²) in [6.45, 7) is 3.22. The molecular weight excluding hydrogens is 272 g/mol. The summed E-state index contributed by atoms with van der Waals surface area (Å²) in [5.74, 6) is 1.88. The summed E-state index contributed by atoms with van der Waals surface area (Å²) in [6.07, 6.45) is 3.83. The van der Waals surface area contributed by atoms with Crippen molar-refractivity contribution < 1.29 is 0 Å². The number of hydrogen-bond acceptors (Lipinski definition) is 2. The average molecular weight is 294 g/mol. The van der Waals surface area contributed by atoms with E-state index in [9.17, 15) is 0 Å². The predicted molar refractivity (Wildman–Crippen MR) is 87.7 cm³/mol. The molecule has 2 atom stereocenters. The highest BCUT2D eigenvalue weighted by Crippen LogP contribution is 2.24. The van der Waals surface area contributed by atoms with E-state index in [0.717, 1.165) is 23.3 Å². The van der Waals surface area contributed by atoms with Crippen LogP contribution in [0.1, 0.15) is 26.2 Å². The summed E-state index contributed by atoms with van der Waals surface area (Å²) >= 11 is 7.18. The minimum absolute atomic E-state index is 0.580. The van der Waals surface area contributed by atoms with Crippen LogP contribution >= 0.6 is 24.0 Å². The van der Waals surface area contributed by atoms with Crippen LogP contribution in [0, 0.1) is 5.92 Å². The Labute approximate surface area is 125 Å². The summed E-state index contributed by atoms with van der Waals surface area (Å²) < 4.78 is 0. The summed E-state index contributed by atoms with van der Waals surface area (Å²) in [7, 11) is 0. The van der Waals surface area contributed by atoms with Crippen LogP contribution in [-0.2, 0) is 0 Å². The summed E-state index contributed by atoms with van der Waals surface area (Å²) in [6, 6.07) is 11.1. The lowest BCUT2D eigenvalue weighted by molar-refractivity contribution is 0.568. The van der Waals surface area contributed by atoms with Gasteiger partial charge < -0.3 is 10.6 Å². The van der Waals surface area contributed by atoms with Gasteiger partial charge in [0, 0.05) is 23.2 Å². The highest BCUT2D eigenvalue weighted by Gasteiger charge is 2.21. The maximum atomic E-state index is 5.33. The molecule has 2 unspecified atom stereocenters. The van der Waals surface area contributed by atoms with Crippen molar-refractivity contribution in [2.75, 3.05) is 12.3 Å². The fourth-order valence-corrected chi connectivity index (χ4v) is 3.48. The van der Waals surface area contributed by atoms with E-state index >= 15 is 0 Å². The monoisotopic (exact) mass is 294 g/mol. The molecule has 2 N–H and O–H groups in total. The van der Waals surface area contributed by atoms with Crippen LogP contribution in [0.25, 0.3) is 0 Å². The Morgan fingerprint density at radius 2 is 2.11 bits per heavy atom. The average Bonchev–Trinajstić information content (AvgIpc) is 2.81. The number of hydrogen-bond donors (Lipinski definition) is 2. The Balaban J connectivity index is 1.57. The largest absolute Gasteiger partial charge is 0.362 e. The Morgan fingerprint density at radius 3 is 2.79 bits per heavy atom. The van der Waals surface area contributed by atoms with E-state index < -0.39 is 0 Å². The molecule has 1 fully saturated rings. The van der Waals surface area contributed by atoms with E-state index in [-0.39, 0.29) is 0 Å². The van der Waals surface area contributed by atoms with Crippen LogP contribution in [-0.4, -0.2) is 23.5 Å². The van der Waals surface area contributed by atoms with Gasteiger partial charge in [0.2, 0.25) is 0 Å². The molecule has 4 heteroatoms. The molecule has 0 bridgehead atoms. The van der Waals surface area contributed by atoms with Crippen molar-refractivity contribution in [1.29, 1.82) is 0 Å². The van der Waals surface area contributed by atoms with Crippen molar-refractivity contribution in [3.8, 4) is 0 Å². The van der Waals surface area contributed by atoms with Crippen LogP contribution in [0.15, 0.2) is 35.2 Å². The predicted octanol–water partition coefficient (Wildman–Crippen LogP) is 3.43. The van der Waals surface area contributed by atoms with Crippen molar-refractivity contribution >= 4 is 29.1 Å². The molecule has 2 nitrogen and oxygen atoms in total. The van der Waals surface area contributed by atoms with Gasteiger partial charge in [0.25, 0.3) is 0 Å². The Bertz CT molecular complexity index is 394. The summed E-state index contributed by atoms with van der Waals surface area (Å²) in [4.78, 5) is 1.31. The molecule has 19 heavy (non-hydrogen) atoms. The van der Waals surface area contributed by atoms with Crippen molar-refractivity contribution in [1.82, 2.24) is 10.6 Å². The Kier molecular flexibility index (Phi) is 5.98. The van der Waals surface area contributed by atoms with Gasteiger partial charge in [0.05, 0.1) is 0 Å². The molecular formula is C15H22N2S2. The van der Waals surface area contributed by atoms with E-state index in [4.69, 9.17) is 12.2 Å². The Morgan fingerprint density at radius 1 is 1.32 bits per heavy atom. The first-order valence-corrected chi connectivity index (χ1v) is 8.35. The molecule has 1 aliphatic carbocycles. The van der Waals surface area contributed by atoms with Gasteiger partial charge in [-0.15, -0.1) is 11.8 Å². The van der Waals surface area contributed by atoms with Crippen LogP contribution in [0.4, 0.5) is 0 Å². The van der Waals surface area contributed by atoms with Gasteiger partial charge >= 0.3 is 0 Å². The molecule has 1 aromatic rings. The van der Waals surface area contributed by atoms with Crippen molar-refractivity contribution in [3.05, 3.63) is 30.3 Å². The number of thioether (sulfide) groups is 1. The van der Waals surface area contributed by atoms with E-state index in [1.165, 1.54) is 24.2 Å². The molecule has 0 spiro atoms. The van der Waals surface area contributed by atoms with Crippen LogP contribution < -0.4 is 10.6 Å². The van der Waals surface area contributed by atoms with E-state index in [2.05, 4.69) is 41.8 Å². The second kappa shape index (κ2) is 7.75. The molecule has 0 aliphatic heterocycles. The third kappa shape index (κ3) is 5.41. The second-order valence-electron chi connectivity index (χ2n) is 5.18. The summed E-state index contributed by atoms with van der Waals surface area (Å²) in [5, 5.41) is 7.53. The minimum atomic E-state index is 0.580. The number of nitrogens with one attached hydrogen (secondary N) is 2. The van der Waals surface area contributed by atoms with Crippen LogP contribution in [0.3, 0.4) is 0 Å². The van der Waals surface area contributed by atoms with E-state index in [1.54, 1.807) is 0 Å². The molecule has 0 aromatic heterocycles. The first-order chi connectivity index (χ1) is 9.24. The normalized spacial score (nSPS) is 22.2. The molecule has 0 saturated heterocycles. The van der Waals surface area contributed by atoms with Gasteiger partial charge in [0.15, 0.2) is 5.11 Å². The fraction of sp³-hybridized carbons (Fsp3) is 0.533. The molecule has 0 heterocycles. The Hall–Kier alpha value is -0.740. The molecule has 0 radical (unpaired) electrons. The summed E-state index contributed by atoms with van der Waals surface area (Å²) in [5.41, 5.74) is 0. The van der Waals surface area contributed by atoms with Gasteiger partial charge in [-0.3, -0.25) is 0 Å². The molecule has 2 rings (SSSR count). The number of thiocarbonyl (C=S) groups is 1. The molecule has 104 valence electrons. The maximum Gasteiger partial charge on any atom is 0.166 e. The maximum absolute atomic E-state index is 5.33. The molecule has 0 amide bonds. The lowest BCUT2D eigenvalue weighted by Crippen LogP contribution is -2.41. The highest BCUT2D eigenvalue weighted by molar-refractivity contribution is 7.99. The van der Waals surface area contributed by atoms with Gasteiger partial charge in [-0.25, -0.2) is 0 Å². The zero-order chi connectivity index (χ0) is 13.5. The number of benzene rings is 1. The van der Waals surface area contributed by atoms with Crippen molar-refractivity contribution in [2.24, 2.45) is 5.92 Å².